The van der Waals surface area contributed by atoms with Crippen LogP contribution in [0.3, 0.4) is 0 Å². The first-order valence-corrected chi connectivity index (χ1v) is 10.1. The van der Waals surface area contributed by atoms with Crippen LogP contribution < -0.4 is 10.6 Å². The van der Waals surface area contributed by atoms with Gasteiger partial charge in [-0.2, -0.15) is 0 Å². The number of carbonyl (C=O) groups is 1. The fourth-order valence-electron chi connectivity index (χ4n) is 3.16. The number of hydrogen-bond acceptors (Lipinski definition) is 3. The summed E-state index contributed by atoms with van der Waals surface area (Å²) in [7, 11) is 0. The number of amides is 1. The standard InChI is InChI=1S/C21H34N4O2/c1-5-22-20(23-15-17(4)18-9-7-16(3)8-10-18)24-19-11-13-25(14-12-19)21(26)27-6-2/h7-10,17,19H,5-6,11-15H2,1-4H3,(H2,22,23,24). The van der Waals surface area contributed by atoms with E-state index in [-0.39, 0.29) is 6.09 Å². The summed E-state index contributed by atoms with van der Waals surface area (Å²) in [6, 6.07) is 8.98. The third-order valence-corrected chi connectivity index (χ3v) is 4.88. The number of likely N-dealkylation sites (tertiary alicyclic amines) is 1. The molecular weight excluding hydrogens is 340 g/mol. The molecule has 0 radical (unpaired) electrons. The summed E-state index contributed by atoms with van der Waals surface area (Å²) in [4.78, 5) is 18.4. The van der Waals surface area contributed by atoms with Gasteiger partial charge in [0, 0.05) is 38.1 Å². The van der Waals surface area contributed by atoms with E-state index in [1.807, 2.05) is 6.92 Å². The van der Waals surface area contributed by atoms with Crippen molar-refractivity contribution < 1.29 is 9.53 Å². The number of ether oxygens (including phenoxy) is 1. The smallest absolute Gasteiger partial charge is 0.409 e. The number of rotatable bonds is 6. The molecule has 1 aliphatic heterocycles. The quantitative estimate of drug-likeness (QED) is 0.592. The lowest BCUT2D eigenvalue weighted by Gasteiger charge is -2.32. The minimum absolute atomic E-state index is 0.205. The SMILES string of the molecule is CCNC(=NCC(C)c1ccc(C)cc1)NC1CCN(C(=O)OCC)CC1. The normalized spacial score (nSPS) is 16.7. The lowest BCUT2D eigenvalue weighted by Crippen LogP contribution is -2.50. The van der Waals surface area contributed by atoms with Gasteiger partial charge in [-0.15, -0.1) is 0 Å². The number of aryl methyl sites for hydroxylation is 1. The number of nitrogens with one attached hydrogen (secondary N) is 2. The van der Waals surface area contributed by atoms with E-state index in [1.54, 1.807) is 4.90 Å². The Morgan fingerprint density at radius 1 is 1.26 bits per heavy atom. The Morgan fingerprint density at radius 3 is 2.52 bits per heavy atom. The number of carbonyl (C=O) groups excluding carboxylic acids is 1. The van der Waals surface area contributed by atoms with Gasteiger partial charge in [-0.05, 0) is 39.2 Å². The number of nitrogens with zero attached hydrogens (tertiary/aromatic N) is 2. The van der Waals surface area contributed by atoms with E-state index < -0.39 is 0 Å². The summed E-state index contributed by atoms with van der Waals surface area (Å²) in [5, 5.41) is 6.86. The van der Waals surface area contributed by atoms with Crippen LogP contribution in [0.2, 0.25) is 0 Å². The highest BCUT2D eigenvalue weighted by Crippen LogP contribution is 2.16. The average molecular weight is 375 g/mol. The second kappa shape index (κ2) is 10.8. The second-order valence-electron chi connectivity index (χ2n) is 7.14. The molecular formula is C21H34N4O2. The van der Waals surface area contributed by atoms with Crippen molar-refractivity contribution in [3.8, 4) is 0 Å². The highest BCUT2D eigenvalue weighted by Gasteiger charge is 2.24. The Morgan fingerprint density at radius 2 is 1.93 bits per heavy atom. The fraction of sp³-hybridized carbons (Fsp3) is 0.619. The second-order valence-corrected chi connectivity index (χ2v) is 7.14. The minimum Gasteiger partial charge on any atom is -0.450 e. The van der Waals surface area contributed by atoms with Gasteiger partial charge in [-0.25, -0.2) is 4.79 Å². The van der Waals surface area contributed by atoms with Gasteiger partial charge in [0.05, 0.1) is 6.61 Å². The van der Waals surface area contributed by atoms with Gasteiger partial charge < -0.3 is 20.3 Å². The van der Waals surface area contributed by atoms with Crippen molar-refractivity contribution in [1.29, 1.82) is 0 Å². The molecule has 1 atom stereocenters. The first-order valence-electron chi connectivity index (χ1n) is 10.1. The lowest BCUT2D eigenvalue weighted by atomic mass is 10.0. The molecule has 1 aromatic carbocycles. The maximum Gasteiger partial charge on any atom is 0.409 e. The van der Waals surface area contributed by atoms with E-state index in [4.69, 9.17) is 9.73 Å². The van der Waals surface area contributed by atoms with Crippen LogP contribution in [0.1, 0.15) is 50.7 Å². The molecule has 150 valence electrons. The molecule has 6 nitrogen and oxygen atoms in total. The minimum atomic E-state index is -0.205. The molecule has 1 unspecified atom stereocenters. The van der Waals surface area contributed by atoms with Gasteiger partial charge >= 0.3 is 6.09 Å². The summed E-state index contributed by atoms with van der Waals surface area (Å²) in [5.74, 6) is 1.22. The van der Waals surface area contributed by atoms with Gasteiger partial charge in [-0.3, -0.25) is 4.99 Å². The van der Waals surface area contributed by atoms with Crippen LogP contribution in [0.5, 0.6) is 0 Å². The first kappa shape index (κ1) is 21.1. The largest absolute Gasteiger partial charge is 0.450 e. The summed E-state index contributed by atoms with van der Waals surface area (Å²) in [6.45, 7) is 11.6. The molecule has 0 aliphatic carbocycles. The topological polar surface area (TPSA) is 66.0 Å². The number of hydrogen-bond donors (Lipinski definition) is 2. The molecule has 27 heavy (non-hydrogen) atoms. The van der Waals surface area contributed by atoms with E-state index in [0.717, 1.165) is 45.0 Å². The number of benzene rings is 1. The van der Waals surface area contributed by atoms with Crippen LogP contribution in [0, 0.1) is 6.92 Å². The highest BCUT2D eigenvalue weighted by atomic mass is 16.6. The van der Waals surface area contributed by atoms with Crippen molar-refractivity contribution in [3.63, 3.8) is 0 Å². The lowest BCUT2D eigenvalue weighted by molar-refractivity contribution is 0.0963. The molecule has 0 aromatic heterocycles. The van der Waals surface area contributed by atoms with Crippen LogP contribution in [0.4, 0.5) is 4.79 Å². The zero-order valence-corrected chi connectivity index (χ0v) is 17.1. The van der Waals surface area contributed by atoms with Crippen molar-refractivity contribution in [3.05, 3.63) is 35.4 Å². The van der Waals surface area contributed by atoms with Crippen LogP contribution >= 0.6 is 0 Å². The summed E-state index contributed by atoms with van der Waals surface area (Å²) in [6.07, 6.45) is 1.59. The number of piperidine rings is 1. The Bertz CT molecular complexity index is 607. The van der Waals surface area contributed by atoms with Crippen LogP contribution in [-0.4, -0.2) is 55.8 Å². The molecule has 1 fully saturated rings. The maximum absolute atomic E-state index is 11.8. The van der Waals surface area contributed by atoms with Crippen molar-refractivity contribution in [1.82, 2.24) is 15.5 Å². The summed E-state index contributed by atoms with van der Waals surface area (Å²) < 4.78 is 5.08. The van der Waals surface area contributed by atoms with E-state index in [0.29, 0.717) is 18.6 Å². The van der Waals surface area contributed by atoms with Crippen molar-refractivity contribution in [2.24, 2.45) is 4.99 Å². The Labute approximate surface area is 163 Å². The number of aliphatic imine (C=N–C) groups is 1. The maximum atomic E-state index is 11.8. The fourth-order valence-corrected chi connectivity index (χ4v) is 3.16. The van der Waals surface area contributed by atoms with Gasteiger partial charge in [-0.1, -0.05) is 36.8 Å². The zero-order valence-electron chi connectivity index (χ0n) is 17.1. The van der Waals surface area contributed by atoms with Gasteiger partial charge in [0.1, 0.15) is 0 Å². The third-order valence-electron chi connectivity index (χ3n) is 4.88. The molecule has 1 heterocycles. The molecule has 2 rings (SSSR count). The average Bonchev–Trinajstić information content (AvgIpc) is 2.67. The zero-order chi connectivity index (χ0) is 19.6. The van der Waals surface area contributed by atoms with Crippen molar-refractivity contribution in [2.45, 2.75) is 52.5 Å². The Balaban J connectivity index is 1.86. The monoisotopic (exact) mass is 374 g/mol. The van der Waals surface area contributed by atoms with E-state index >= 15 is 0 Å². The Hall–Kier alpha value is -2.24. The first-order chi connectivity index (χ1) is 13.0. The van der Waals surface area contributed by atoms with Crippen LogP contribution in [0.25, 0.3) is 0 Å². The molecule has 2 N–H and O–H groups in total. The molecule has 0 bridgehead atoms. The van der Waals surface area contributed by atoms with Crippen molar-refractivity contribution >= 4 is 12.1 Å². The molecule has 0 spiro atoms. The van der Waals surface area contributed by atoms with Gasteiger partial charge in [0.15, 0.2) is 5.96 Å². The highest BCUT2D eigenvalue weighted by molar-refractivity contribution is 5.80. The van der Waals surface area contributed by atoms with E-state index in [2.05, 4.69) is 55.7 Å². The predicted molar refractivity (Wildman–Crippen MR) is 110 cm³/mol. The molecule has 0 saturated carbocycles. The summed E-state index contributed by atoms with van der Waals surface area (Å²) in [5.41, 5.74) is 2.58. The van der Waals surface area contributed by atoms with Crippen LogP contribution in [0.15, 0.2) is 29.3 Å². The molecule has 1 aliphatic rings. The predicted octanol–water partition coefficient (Wildman–Crippen LogP) is 3.27. The Kier molecular flexibility index (Phi) is 8.43. The summed E-state index contributed by atoms with van der Waals surface area (Å²) >= 11 is 0. The molecule has 1 aromatic rings. The molecule has 1 amide bonds. The van der Waals surface area contributed by atoms with E-state index in [1.165, 1.54) is 11.1 Å². The molecule has 1 saturated heterocycles. The van der Waals surface area contributed by atoms with Crippen molar-refractivity contribution in [2.75, 3.05) is 32.8 Å². The van der Waals surface area contributed by atoms with Crippen LogP contribution in [-0.2, 0) is 4.74 Å². The third kappa shape index (κ3) is 6.77. The molecule has 6 heteroatoms. The van der Waals surface area contributed by atoms with E-state index in [9.17, 15) is 4.79 Å². The van der Waals surface area contributed by atoms with Gasteiger partial charge in [0.25, 0.3) is 0 Å². The number of guanidine groups is 1. The van der Waals surface area contributed by atoms with Gasteiger partial charge in [0.2, 0.25) is 0 Å².